The lowest BCUT2D eigenvalue weighted by atomic mass is 10.2. The van der Waals surface area contributed by atoms with E-state index in [4.69, 9.17) is 4.74 Å². The maximum absolute atomic E-state index is 13.0. The SMILES string of the molecule is COCCCN(C)C(=O)CNC(=O)c1cc(F)cc(F)c1. The minimum atomic E-state index is -0.844. The normalized spacial score (nSPS) is 10.3. The first-order valence-corrected chi connectivity index (χ1v) is 6.41. The molecule has 5 nitrogen and oxygen atoms in total. The number of halogens is 2. The molecule has 2 amide bonds. The zero-order valence-electron chi connectivity index (χ0n) is 12.0. The second-order valence-corrected chi connectivity index (χ2v) is 4.50. The van der Waals surface area contributed by atoms with Crippen LogP contribution in [-0.4, -0.2) is 50.6 Å². The quantitative estimate of drug-likeness (QED) is 0.770. The summed E-state index contributed by atoms with van der Waals surface area (Å²) in [5.41, 5.74) is -0.165. The summed E-state index contributed by atoms with van der Waals surface area (Å²) < 4.78 is 30.8. The van der Waals surface area contributed by atoms with Crippen LogP contribution in [0.3, 0.4) is 0 Å². The molecule has 0 unspecified atom stereocenters. The molecular weight excluding hydrogens is 282 g/mol. The molecule has 21 heavy (non-hydrogen) atoms. The van der Waals surface area contributed by atoms with E-state index in [9.17, 15) is 18.4 Å². The summed E-state index contributed by atoms with van der Waals surface area (Å²) in [6.45, 7) is 0.796. The Balaban J connectivity index is 2.46. The van der Waals surface area contributed by atoms with Gasteiger partial charge in [0.25, 0.3) is 5.91 Å². The number of carbonyl (C=O) groups excluding carboxylic acids is 2. The molecule has 0 saturated heterocycles. The van der Waals surface area contributed by atoms with Crippen LogP contribution in [-0.2, 0) is 9.53 Å². The number of carbonyl (C=O) groups is 2. The fourth-order valence-corrected chi connectivity index (χ4v) is 1.65. The van der Waals surface area contributed by atoms with Gasteiger partial charge in [0.1, 0.15) is 11.6 Å². The molecule has 0 aromatic heterocycles. The van der Waals surface area contributed by atoms with E-state index in [0.29, 0.717) is 25.6 Å². The van der Waals surface area contributed by atoms with Crippen molar-refractivity contribution in [2.24, 2.45) is 0 Å². The van der Waals surface area contributed by atoms with Crippen LogP contribution < -0.4 is 5.32 Å². The van der Waals surface area contributed by atoms with Crippen LogP contribution in [0.5, 0.6) is 0 Å². The number of likely N-dealkylation sites (N-methyl/N-ethyl adjacent to an activating group) is 1. The van der Waals surface area contributed by atoms with Crippen molar-refractivity contribution in [1.82, 2.24) is 10.2 Å². The smallest absolute Gasteiger partial charge is 0.251 e. The number of methoxy groups -OCH3 is 1. The van der Waals surface area contributed by atoms with Crippen molar-refractivity contribution < 1.29 is 23.1 Å². The standard InChI is InChI=1S/C14H18F2N2O3/c1-18(4-3-5-21-2)13(19)9-17-14(20)10-6-11(15)8-12(16)7-10/h6-8H,3-5,9H2,1-2H3,(H,17,20). The van der Waals surface area contributed by atoms with E-state index in [1.165, 1.54) is 4.90 Å². The van der Waals surface area contributed by atoms with E-state index < -0.39 is 17.5 Å². The van der Waals surface area contributed by atoms with Gasteiger partial charge in [-0.3, -0.25) is 9.59 Å². The van der Waals surface area contributed by atoms with Crippen LogP contribution in [0, 0.1) is 11.6 Å². The molecule has 0 aliphatic heterocycles. The van der Waals surface area contributed by atoms with Crippen molar-refractivity contribution in [3.63, 3.8) is 0 Å². The summed E-state index contributed by atoms with van der Waals surface area (Å²) in [6.07, 6.45) is 0.682. The van der Waals surface area contributed by atoms with Crippen molar-refractivity contribution in [3.8, 4) is 0 Å². The molecule has 7 heteroatoms. The first-order chi connectivity index (χ1) is 9.93. The van der Waals surface area contributed by atoms with Gasteiger partial charge in [-0.15, -0.1) is 0 Å². The van der Waals surface area contributed by atoms with Gasteiger partial charge in [0.2, 0.25) is 5.91 Å². The number of ether oxygens (including phenoxy) is 1. The number of rotatable bonds is 7. The predicted octanol–water partition coefficient (Wildman–Crippen LogP) is 1.19. The summed E-state index contributed by atoms with van der Waals surface area (Å²) in [4.78, 5) is 24.9. The number of amides is 2. The van der Waals surface area contributed by atoms with Crippen LogP contribution >= 0.6 is 0 Å². The van der Waals surface area contributed by atoms with Crippen LogP contribution in [0.2, 0.25) is 0 Å². The van der Waals surface area contributed by atoms with E-state index in [2.05, 4.69) is 5.32 Å². The van der Waals surface area contributed by atoms with Crippen molar-refractivity contribution in [1.29, 1.82) is 0 Å². The Morgan fingerprint density at radius 1 is 1.24 bits per heavy atom. The Hall–Kier alpha value is -2.02. The molecule has 0 bridgehead atoms. The van der Waals surface area contributed by atoms with Gasteiger partial charge in [0, 0.05) is 38.9 Å². The highest BCUT2D eigenvalue weighted by Crippen LogP contribution is 2.07. The topological polar surface area (TPSA) is 58.6 Å². The molecule has 1 rings (SSSR count). The highest BCUT2D eigenvalue weighted by atomic mass is 19.1. The summed E-state index contributed by atoms with van der Waals surface area (Å²) in [7, 11) is 3.17. The van der Waals surface area contributed by atoms with Crippen molar-refractivity contribution in [2.45, 2.75) is 6.42 Å². The average Bonchev–Trinajstić information content (AvgIpc) is 2.43. The lowest BCUT2D eigenvalue weighted by Gasteiger charge is -2.17. The Kier molecular flexibility index (Phi) is 6.74. The van der Waals surface area contributed by atoms with Crippen molar-refractivity contribution in [3.05, 3.63) is 35.4 Å². The zero-order valence-corrected chi connectivity index (χ0v) is 12.0. The third-order valence-corrected chi connectivity index (χ3v) is 2.79. The fourth-order valence-electron chi connectivity index (χ4n) is 1.65. The van der Waals surface area contributed by atoms with E-state index in [1.807, 2.05) is 0 Å². The van der Waals surface area contributed by atoms with Crippen LogP contribution in [0.15, 0.2) is 18.2 Å². The second kappa shape index (κ2) is 8.31. The molecule has 0 radical (unpaired) electrons. The molecule has 1 aromatic carbocycles. The monoisotopic (exact) mass is 300 g/mol. The van der Waals surface area contributed by atoms with E-state index in [1.54, 1.807) is 14.2 Å². The van der Waals surface area contributed by atoms with Gasteiger partial charge in [0.15, 0.2) is 0 Å². The van der Waals surface area contributed by atoms with Gasteiger partial charge in [-0.05, 0) is 18.6 Å². The third-order valence-electron chi connectivity index (χ3n) is 2.79. The number of hydrogen-bond acceptors (Lipinski definition) is 3. The molecule has 0 aliphatic carbocycles. The molecule has 1 N–H and O–H groups in total. The second-order valence-electron chi connectivity index (χ2n) is 4.50. The maximum Gasteiger partial charge on any atom is 0.251 e. The first-order valence-electron chi connectivity index (χ1n) is 6.41. The summed E-state index contributed by atoms with van der Waals surface area (Å²) in [5.74, 6) is -2.69. The number of nitrogens with one attached hydrogen (secondary N) is 1. The maximum atomic E-state index is 13.0. The Bertz CT molecular complexity index is 489. The van der Waals surface area contributed by atoms with E-state index in [0.717, 1.165) is 12.1 Å². The van der Waals surface area contributed by atoms with E-state index >= 15 is 0 Å². The minimum Gasteiger partial charge on any atom is -0.385 e. The number of nitrogens with zero attached hydrogens (tertiary/aromatic N) is 1. The molecule has 116 valence electrons. The summed E-state index contributed by atoms with van der Waals surface area (Å²) in [6, 6.07) is 2.49. The van der Waals surface area contributed by atoms with E-state index in [-0.39, 0.29) is 18.0 Å². The predicted molar refractivity (Wildman–Crippen MR) is 72.8 cm³/mol. The van der Waals surface area contributed by atoms with Gasteiger partial charge in [-0.1, -0.05) is 0 Å². The molecule has 0 heterocycles. The minimum absolute atomic E-state index is 0.165. The fraction of sp³-hybridized carbons (Fsp3) is 0.429. The lowest BCUT2D eigenvalue weighted by molar-refractivity contribution is -0.128. The van der Waals surface area contributed by atoms with Crippen molar-refractivity contribution >= 4 is 11.8 Å². The lowest BCUT2D eigenvalue weighted by Crippen LogP contribution is -2.38. The van der Waals surface area contributed by atoms with Crippen LogP contribution in [0.25, 0.3) is 0 Å². The average molecular weight is 300 g/mol. The Labute approximate surface area is 121 Å². The number of benzene rings is 1. The summed E-state index contributed by atoms with van der Waals surface area (Å²) >= 11 is 0. The first kappa shape index (κ1) is 17.0. The van der Waals surface area contributed by atoms with Gasteiger partial charge in [-0.25, -0.2) is 8.78 Å². The largest absolute Gasteiger partial charge is 0.385 e. The molecular formula is C14H18F2N2O3. The van der Waals surface area contributed by atoms with Gasteiger partial charge in [0.05, 0.1) is 6.54 Å². The van der Waals surface area contributed by atoms with Crippen LogP contribution in [0.1, 0.15) is 16.8 Å². The highest BCUT2D eigenvalue weighted by Gasteiger charge is 2.13. The molecule has 0 aliphatic rings. The summed E-state index contributed by atoms with van der Waals surface area (Å²) in [5, 5.41) is 2.33. The molecule has 0 atom stereocenters. The Morgan fingerprint density at radius 3 is 2.43 bits per heavy atom. The molecule has 0 fully saturated rings. The van der Waals surface area contributed by atoms with Gasteiger partial charge in [-0.2, -0.15) is 0 Å². The van der Waals surface area contributed by atoms with Crippen molar-refractivity contribution in [2.75, 3.05) is 33.9 Å². The molecule has 1 aromatic rings. The Morgan fingerprint density at radius 2 is 1.86 bits per heavy atom. The zero-order chi connectivity index (χ0) is 15.8. The van der Waals surface area contributed by atoms with Gasteiger partial charge >= 0.3 is 0 Å². The third kappa shape index (κ3) is 5.86. The number of hydrogen-bond donors (Lipinski definition) is 1. The highest BCUT2D eigenvalue weighted by molar-refractivity contribution is 5.96. The molecule has 0 saturated carbocycles. The molecule has 0 spiro atoms. The van der Waals surface area contributed by atoms with Gasteiger partial charge < -0.3 is 15.0 Å². The van der Waals surface area contributed by atoms with Crippen LogP contribution in [0.4, 0.5) is 8.78 Å².